The van der Waals surface area contributed by atoms with Crippen molar-refractivity contribution in [3.8, 4) is 0 Å². The van der Waals surface area contributed by atoms with E-state index in [1.165, 1.54) is 29.7 Å². The van der Waals surface area contributed by atoms with Gasteiger partial charge in [-0.2, -0.15) is 0 Å². The maximum atomic E-state index is 9.09. The molecule has 1 atom stereocenters. The van der Waals surface area contributed by atoms with E-state index in [1.54, 1.807) is 0 Å². The summed E-state index contributed by atoms with van der Waals surface area (Å²) in [6.45, 7) is 5.74. The highest BCUT2D eigenvalue weighted by molar-refractivity contribution is 5.56. The Labute approximate surface area is 97.9 Å². The molecule has 1 saturated heterocycles. The van der Waals surface area contributed by atoms with E-state index in [9.17, 15) is 0 Å². The van der Waals surface area contributed by atoms with Gasteiger partial charge >= 0.3 is 0 Å². The fourth-order valence-corrected chi connectivity index (χ4v) is 2.63. The van der Waals surface area contributed by atoms with Crippen LogP contribution in [-0.2, 0) is 0 Å². The van der Waals surface area contributed by atoms with E-state index in [-0.39, 0.29) is 0 Å². The Balaban J connectivity index is 2.25. The molecule has 1 aliphatic heterocycles. The first-order chi connectivity index (χ1) is 7.72. The van der Waals surface area contributed by atoms with Gasteiger partial charge in [-0.25, -0.2) is 0 Å². The van der Waals surface area contributed by atoms with Crippen molar-refractivity contribution in [3.05, 3.63) is 29.3 Å². The largest absolute Gasteiger partial charge is 0.396 e. The number of anilines is 1. The van der Waals surface area contributed by atoms with Gasteiger partial charge in [-0.1, -0.05) is 12.1 Å². The van der Waals surface area contributed by atoms with Gasteiger partial charge < -0.3 is 10.0 Å². The first-order valence-corrected chi connectivity index (χ1v) is 6.17. The summed E-state index contributed by atoms with van der Waals surface area (Å²) in [5, 5.41) is 9.09. The zero-order valence-electron chi connectivity index (χ0n) is 10.2. The molecule has 0 radical (unpaired) electrons. The molecular formula is C14H21NO. The number of hydrogen-bond donors (Lipinski definition) is 1. The van der Waals surface area contributed by atoms with Crippen molar-refractivity contribution in [3.63, 3.8) is 0 Å². The van der Waals surface area contributed by atoms with Gasteiger partial charge in [0, 0.05) is 24.9 Å². The summed E-state index contributed by atoms with van der Waals surface area (Å²) in [4.78, 5) is 2.47. The van der Waals surface area contributed by atoms with E-state index >= 15 is 0 Å². The average molecular weight is 219 g/mol. The molecule has 2 nitrogen and oxygen atoms in total. The standard InChI is InChI=1S/C14H21NO/c1-11-5-6-12(2)14(10-11)15-8-3-4-13(15)7-9-16/h5-6,10,13,16H,3-4,7-9H2,1-2H3. The Morgan fingerprint density at radius 3 is 2.94 bits per heavy atom. The number of aryl methyl sites for hydroxylation is 2. The molecule has 0 bridgehead atoms. The predicted octanol–water partition coefficient (Wildman–Crippen LogP) is 2.65. The van der Waals surface area contributed by atoms with Gasteiger partial charge in [0.05, 0.1) is 0 Å². The van der Waals surface area contributed by atoms with E-state index in [2.05, 4.69) is 36.9 Å². The molecule has 0 saturated carbocycles. The number of aliphatic hydroxyl groups excluding tert-OH is 1. The second kappa shape index (κ2) is 4.88. The highest BCUT2D eigenvalue weighted by Gasteiger charge is 2.24. The van der Waals surface area contributed by atoms with Gasteiger partial charge in [0.2, 0.25) is 0 Å². The molecule has 88 valence electrons. The van der Waals surface area contributed by atoms with Crippen LogP contribution in [0.5, 0.6) is 0 Å². The normalized spacial score (nSPS) is 20.4. The van der Waals surface area contributed by atoms with Crippen LogP contribution in [0.15, 0.2) is 18.2 Å². The fraction of sp³-hybridized carbons (Fsp3) is 0.571. The summed E-state index contributed by atoms with van der Waals surface area (Å²) in [6.07, 6.45) is 3.36. The van der Waals surface area contributed by atoms with E-state index in [1.807, 2.05) is 0 Å². The molecule has 0 amide bonds. The van der Waals surface area contributed by atoms with Crippen LogP contribution < -0.4 is 4.90 Å². The van der Waals surface area contributed by atoms with Crippen molar-refractivity contribution in [1.29, 1.82) is 0 Å². The lowest BCUT2D eigenvalue weighted by Crippen LogP contribution is -2.30. The summed E-state index contributed by atoms with van der Waals surface area (Å²) >= 11 is 0. The minimum Gasteiger partial charge on any atom is -0.396 e. The number of aliphatic hydroxyl groups is 1. The third-order valence-corrected chi connectivity index (χ3v) is 3.51. The summed E-state index contributed by atoms with van der Waals surface area (Å²) in [7, 11) is 0. The summed E-state index contributed by atoms with van der Waals surface area (Å²) in [5.41, 5.74) is 4.02. The Morgan fingerprint density at radius 2 is 2.19 bits per heavy atom. The molecule has 2 rings (SSSR count). The van der Waals surface area contributed by atoms with Crippen molar-refractivity contribution >= 4 is 5.69 Å². The lowest BCUT2D eigenvalue weighted by Gasteiger charge is -2.28. The molecule has 1 heterocycles. The number of nitrogens with zero attached hydrogens (tertiary/aromatic N) is 1. The fourth-order valence-electron chi connectivity index (χ4n) is 2.63. The molecule has 1 aliphatic rings. The van der Waals surface area contributed by atoms with Crippen LogP contribution in [0.1, 0.15) is 30.4 Å². The van der Waals surface area contributed by atoms with Crippen LogP contribution in [-0.4, -0.2) is 24.3 Å². The number of hydrogen-bond acceptors (Lipinski definition) is 2. The molecule has 16 heavy (non-hydrogen) atoms. The molecule has 1 unspecified atom stereocenters. The molecular weight excluding hydrogens is 198 g/mol. The Hall–Kier alpha value is -1.02. The Kier molecular flexibility index (Phi) is 3.49. The van der Waals surface area contributed by atoms with Gasteiger partial charge in [0.15, 0.2) is 0 Å². The Morgan fingerprint density at radius 1 is 1.38 bits per heavy atom. The van der Waals surface area contributed by atoms with Crippen molar-refractivity contribution < 1.29 is 5.11 Å². The highest BCUT2D eigenvalue weighted by atomic mass is 16.3. The molecule has 1 N–H and O–H groups in total. The SMILES string of the molecule is Cc1ccc(C)c(N2CCCC2CCO)c1. The second-order valence-corrected chi connectivity index (χ2v) is 4.79. The average Bonchev–Trinajstić information content (AvgIpc) is 2.70. The Bertz CT molecular complexity index is 362. The predicted molar refractivity (Wildman–Crippen MR) is 68.0 cm³/mol. The molecule has 0 aromatic heterocycles. The highest BCUT2D eigenvalue weighted by Crippen LogP contribution is 2.30. The van der Waals surface area contributed by atoms with Gasteiger partial charge in [0.25, 0.3) is 0 Å². The maximum Gasteiger partial charge on any atom is 0.0450 e. The van der Waals surface area contributed by atoms with E-state index in [0.29, 0.717) is 12.6 Å². The first-order valence-electron chi connectivity index (χ1n) is 6.17. The monoisotopic (exact) mass is 219 g/mol. The van der Waals surface area contributed by atoms with Crippen LogP contribution in [0.3, 0.4) is 0 Å². The molecule has 1 fully saturated rings. The topological polar surface area (TPSA) is 23.5 Å². The summed E-state index contributed by atoms with van der Waals surface area (Å²) in [6, 6.07) is 7.16. The van der Waals surface area contributed by atoms with Crippen LogP contribution in [0, 0.1) is 13.8 Å². The van der Waals surface area contributed by atoms with E-state index < -0.39 is 0 Å². The molecule has 1 aromatic carbocycles. The van der Waals surface area contributed by atoms with Crippen molar-refractivity contribution in [1.82, 2.24) is 0 Å². The number of benzene rings is 1. The van der Waals surface area contributed by atoms with Crippen LogP contribution >= 0.6 is 0 Å². The molecule has 0 aliphatic carbocycles. The van der Waals surface area contributed by atoms with Crippen LogP contribution in [0.4, 0.5) is 5.69 Å². The minimum atomic E-state index is 0.298. The van der Waals surface area contributed by atoms with Crippen molar-refractivity contribution in [2.45, 2.75) is 39.2 Å². The lowest BCUT2D eigenvalue weighted by atomic mass is 10.1. The zero-order valence-corrected chi connectivity index (χ0v) is 10.2. The summed E-state index contributed by atoms with van der Waals surface area (Å²) in [5.74, 6) is 0. The van der Waals surface area contributed by atoms with E-state index in [4.69, 9.17) is 5.11 Å². The van der Waals surface area contributed by atoms with E-state index in [0.717, 1.165) is 13.0 Å². The number of rotatable bonds is 3. The van der Waals surface area contributed by atoms with Crippen LogP contribution in [0.25, 0.3) is 0 Å². The zero-order chi connectivity index (χ0) is 11.5. The summed E-state index contributed by atoms with van der Waals surface area (Å²) < 4.78 is 0. The molecule has 0 spiro atoms. The van der Waals surface area contributed by atoms with Crippen molar-refractivity contribution in [2.24, 2.45) is 0 Å². The quantitative estimate of drug-likeness (QED) is 0.845. The third-order valence-electron chi connectivity index (χ3n) is 3.51. The van der Waals surface area contributed by atoms with Gasteiger partial charge in [0.1, 0.15) is 0 Å². The van der Waals surface area contributed by atoms with Crippen molar-refractivity contribution in [2.75, 3.05) is 18.1 Å². The van der Waals surface area contributed by atoms with Crippen LogP contribution in [0.2, 0.25) is 0 Å². The van der Waals surface area contributed by atoms with Gasteiger partial charge in [-0.05, 0) is 50.3 Å². The smallest absolute Gasteiger partial charge is 0.0450 e. The molecule has 1 aromatic rings. The second-order valence-electron chi connectivity index (χ2n) is 4.79. The maximum absolute atomic E-state index is 9.09. The lowest BCUT2D eigenvalue weighted by molar-refractivity contribution is 0.276. The van der Waals surface area contributed by atoms with Gasteiger partial charge in [-0.15, -0.1) is 0 Å². The van der Waals surface area contributed by atoms with Gasteiger partial charge in [-0.3, -0.25) is 0 Å². The minimum absolute atomic E-state index is 0.298. The third kappa shape index (κ3) is 2.22. The first kappa shape index (κ1) is 11.5. The molecule has 2 heteroatoms.